The number of alkyl halides is 3. The Bertz CT molecular complexity index is 1380. The summed E-state index contributed by atoms with van der Waals surface area (Å²) in [4.78, 5) is 26.8. The van der Waals surface area contributed by atoms with Crippen LogP contribution in [0.1, 0.15) is 65.5 Å². The molecule has 0 bridgehead atoms. The Labute approximate surface area is 243 Å². The number of benzene rings is 1. The zero-order valence-electron chi connectivity index (χ0n) is 24.7. The van der Waals surface area contributed by atoms with E-state index in [-0.39, 0.29) is 12.8 Å². The standard InChI is InChI=1S/C32H40F3NO6/c1-16-11-22-29(40,25(16)38)14-18(15-37)12-21-23-28(5,6)30(23,13-17(2)31(21,22)41)42-26(39)24(36)27(3,4)19-7-9-20(10-8-19)32(33,34)35/h7-12,17,21-24,37,40-41H,13-15,36H2,1-6H3/t17-,21+,22-,23+,24?,29-,30+,31-/m1/s1. The van der Waals surface area contributed by atoms with Crippen LogP contribution in [0.5, 0.6) is 0 Å². The fraction of sp³-hybridized carbons (Fsp3) is 0.625. The highest BCUT2D eigenvalue weighted by atomic mass is 19.4. The number of aliphatic hydroxyl groups excluding tert-OH is 1. The van der Waals surface area contributed by atoms with Crippen LogP contribution < -0.4 is 5.73 Å². The molecule has 1 unspecified atom stereocenters. The van der Waals surface area contributed by atoms with Crippen LogP contribution >= 0.6 is 0 Å². The molecule has 5 rings (SSSR count). The second-order valence-corrected chi connectivity index (χ2v) is 14.0. The largest absolute Gasteiger partial charge is 0.457 e. The van der Waals surface area contributed by atoms with Crippen molar-refractivity contribution in [1.82, 2.24) is 0 Å². The summed E-state index contributed by atoms with van der Waals surface area (Å²) < 4.78 is 45.6. The highest BCUT2D eigenvalue weighted by Gasteiger charge is 2.83. The van der Waals surface area contributed by atoms with E-state index in [0.29, 0.717) is 16.7 Å². The number of Topliss-reactive ketones (excluding diaryl/α,β-unsaturated/α-hetero) is 1. The lowest BCUT2D eigenvalue weighted by atomic mass is 9.60. The molecule has 8 atom stereocenters. The van der Waals surface area contributed by atoms with E-state index in [1.165, 1.54) is 12.1 Å². The van der Waals surface area contributed by atoms with Crippen molar-refractivity contribution in [2.24, 2.45) is 34.8 Å². The first-order valence-electron chi connectivity index (χ1n) is 14.3. The number of hydrogen-bond donors (Lipinski definition) is 4. The average molecular weight is 592 g/mol. The van der Waals surface area contributed by atoms with Crippen molar-refractivity contribution in [2.75, 3.05) is 6.61 Å². The lowest BCUT2D eigenvalue weighted by Crippen LogP contribution is -2.61. The number of carbonyl (C=O) groups excluding carboxylic acids is 2. The molecule has 0 spiro atoms. The zero-order valence-corrected chi connectivity index (χ0v) is 24.7. The van der Waals surface area contributed by atoms with Gasteiger partial charge in [0.1, 0.15) is 17.2 Å². The van der Waals surface area contributed by atoms with Gasteiger partial charge >= 0.3 is 12.1 Å². The van der Waals surface area contributed by atoms with Gasteiger partial charge in [0.15, 0.2) is 5.78 Å². The Kier molecular flexibility index (Phi) is 6.80. The summed E-state index contributed by atoms with van der Waals surface area (Å²) in [5, 5.41) is 34.2. The van der Waals surface area contributed by atoms with E-state index in [2.05, 4.69) is 0 Å². The molecule has 0 aromatic heterocycles. The first-order chi connectivity index (χ1) is 19.2. The van der Waals surface area contributed by atoms with Crippen molar-refractivity contribution in [2.45, 2.75) is 88.8 Å². The maximum atomic E-state index is 13.7. The number of ketones is 1. The van der Waals surface area contributed by atoms with Crippen molar-refractivity contribution in [1.29, 1.82) is 0 Å². The van der Waals surface area contributed by atoms with E-state index in [4.69, 9.17) is 10.5 Å². The summed E-state index contributed by atoms with van der Waals surface area (Å²) in [6.45, 7) is 10.2. The van der Waals surface area contributed by atoms with E-state index in [9.17, 15) is 38.1 Å². The van der Waals surface area contributed by atoms with Crippen molar-refractivity contribution >= 4 is 11.8 Å². The third-order valence-electron chi connectivity index (χ3n) is 11.1. The monoisotopic (exact) mass is 591 g/mol. The van der Waals surface area contributed by atoms with Crippen LogP contribution in [0.3, 0.4) is 0 Å². The molecule has 0 radical (unpaired) electrons. The summed E-state index contributed by atoms with van der Waals surface area (Å²) in [6.07, 6.45) is -0.980. The Morgan fingerprint density at radius 2 is 1.69 bits per heavy atom. The van der Waals surface area contributed by atoms with E-state index in [1.807, 2.05) is 20.8 Å². The van der Waals surface area contributed by atoms with E-state index >= 15 is 0 Å². The molecule has 7 nitrogen and oxygen atoms in total. The first-order valence-corrected chi connectivity index (χ1v) is 14.3. The molecule has 0 aliphatic heterocycles. The van der Waals surface area contributed by atoms with Gasteiger partial charge in [-0.05, 0) is 48.1 Å². The van der Waals surface area contributed by atoms with Gasteiger partial charge in [-0.25, -0.2) is 0 Å². The number of hydrogen-bond acceptors (Lipinski definition) is 7. The molecule has 5 N–H and O–H groups in total. The first kappa shape index (κ1) is 30.9. The van der Waals surface area contributed by atoms with Gasteiger partial charge in [0.05, 0.1) is 17.8 Å². The zero-order chi connectivity index (χ0) is 31.4. The molecule has 4 aliphatic rings. The minimum atomic E-state index is -4.49. The maximum Gasteiger partial charge on any atom is 0.416 e. The molecule has 230 valence electrons. The number of halogens is 3. The van der Waals surface area contributed by atoms with Crippen LogP contribution in [0.15, 0.2) is 47.6 Å². The van der Waals surface area contributed by atoms with Gasteiger partial charge in [-0.15, -0.1) is 0 Å². The van der Waals surface area contributed by atoms with E-state index in [1.54, 1.807) is 32.9 Å². The van der Waals surface area contributed by atoms with Crippen LogP contribution in [0.25, 0.3) is 0 Å². The summed E-state index contributed by atoms with van der Waals surface area (Å²) >= 11 is 0. The number of aliphatic hydroxyl groups is 3. The molecule has 0 heterocycles. The highest BCUT2D eigenvalue weighted by Crippen LogP contribution is 2.76. The molecule has 2 fully saturated rings. The van der Waals surface area contributed by atoms with Crippen molar-refractivity contribution in [3.63, 3.8) is 0 Å². The number of esters is 1. The van der Waals surface area contributed by atoms with Gasteiger partial charge < -0.3 is 25.8 Å². The van der Waals surface area contributed by atoms with E-state index in [0.717, 1.165) is 12.1 Å². The molecule has 1 aromatic rings. The smallest absolute Gasteiger partial charge is 0.416 e. The number of nitrogens with two attached hydrogens (primary N) is 1. The van der Waals surface area contributed by atoms with Gasteiger partial charge in [0, 0.05) is 35.0 Å². The van der Waals surface area contributed by atoms with E-state index < -0.39 is 87.4 Å². The van der Waals surface area contributed by atoms with Crippen LogP contribution in [-0.4, -0.2) is 56.5 Å². The minimum Gasteiger partial charge on any atom is -0.457 e. The van der Waals surface area contributed by atoms with Crippen LogP contribution in [-0.2, 0) is 25.9 Å². The van der Waals surface area contributed by atoms with Crippen molar-refractivity contribution in [3.05, 3.63) is 58.7 Å². The SMILES string of the molecule is CC1=C[C@H]2[C@@]3(O)[C@H](C)C[C@]4(OC(=O)C(N)C(C)(C)c5ccc(C(F)(F)F)cc5)[C@@H]([C@@H]3C=C(CO)C[C@]2(O)C1=O)C4(C)C. The highest BCUT2D eigenvalue weighted by molar-refractivity contribution is 6.04. The number of fused-ring (bicyclic) bond motifs is 5. The molecule has 2 saturated carbocycles. The van der Waals surface area contributed by atoms with Gasteiger partial charge in [0.25, 0.3) is 0 Å². The molecule has 0 saturated heterocycles. The molecule has 4 aliphatic carbocycles. The molecular weight excluding hydrogens is 551 g/mol. The van der Waals surface area contributed by atoms with Gasteiger partial charge in [-0.1, -0.05) is 58.9 Å². The van der Waals surface area contributed by atoms with Crippen LogP contribution in [0.2, 0.25) is 0 Å². The second-order valence-electron chi connectivity index (χ2n) is 14.0. The number of carbonyl (C=O) groups is 2. The summed E-state index contributed by atoms with van der Waals surface area (Å²) in [5.74, 6) is -3.69. The van der Waals surface area contributed by atoms with Gasteiger partial charge in [-0.2, -0.15) is 13.2 Å². The summed E-state index contributed by atoms with van der Waals surface area (Å²) in [7, 11) is 0. The van der Waals surface area contributed by atoms with Gasteiger partial charge in [0.2, 0.25) is 0 Å². The van der Waals surface area contributed by atoms with Gasteiger partial charge in [-0.3, -0.25) is 9.59 Å². The quantitative estimate of drug-likeness (QED) is 0.303. The Morgan fingerprint density at radius 3 is 2.24 bits per heavy atom. The number of rotatable bonds is 5. The predicted octanol–water partition coefficient (Wildman–Crippen LogP) is 3.83. The Hall–Kier alpha value is -2.53. The lowest BCUT2D eigenvalue weighted by molar-refractivity contribution is -0.188. The Morgan fingerprint density at radius 1 is 1.12 bits per heavy atom. The van der Waals surface area contributed by atoms with Crippen LogP contribution in [0.4, 0.5) is 13.2 Å². The molecule has 0 amide bonds. The fourth-order valence-electron chi connectivity index (χ4n) is 8.40. The third-order valence-corrected chi connectivity index (χ3v) is 11.1. The minimum absolute atomic E-state index is 0.113. The molecule has 42 heavy (non-hydrogen) atoms. The van der Waals surface area contributed by atoms with Crippen molar-refractivity contribution < 1.29 is 42.8 Å². The average Bonchev–Trinajstić information content (AvgIpc) is 3.31. The second kappa shape index (κ2) is 9.24. The number of ether oxygens (including phenoxy) is 1. The fourth-order valence-corrected chi connectivity index (χ4v) is 8.40. The Balaban J connectivity index is 1.47. The summed E-state index contributed by atoms with van der Waals surface area (Å²) in [5.41, 5.74) is 0.690. The topological polar surface area (TPSA) is 130 Å². The predicted molar refractivity (Wildman–Crippen MR) is 148 cm³/mol. The maximum absolute atomic E-state index is 13.7. The molecule has 1 aromatic carbocycles. The third kappa shape index (κ3) is 4.01. The van der Waals surface area contributed by atoms with Crippen LogP contribution in [0, 0.1) is 29.1 Å². The molecule has 10 heteroatoms. The molecular formula is C32H40F3NO6. The summed E-state index contributed by atoms with van der Waals surface area (Å²) in [6, 6.07) is 3.33. The lowest BCUT2D eigenvalue weighted by Gasteiger charge is -2.50. The van der Waals surface area contributed by atoms with Crippen molar-refractivity contribution in [3.8, 4) is 0 Å². The normalized spacial score (nSPS) is 37.9.